The normalized spacial score (nSPS) is 22.1. The zero-order valence-corrected chi connectivity index (χ0v) is 20.0. The fourth-order valence-electron chi connectivity index (χ4n) is 4.32. The van der Waals surface area contributed by atoms with Crippen LogP contribution in [0.15, 0.2) is 6.20 Å². The van der Waals surface area contributed by atoms with Crippen molar-refractivity contribution >= 4 is 29.5 Å². The maximum atomic E-state index is 12.1. The zero-order chi connectivity index (χ0) is 22.9. The van der Waals surface area contributed by atoms with Gasteiger partial charge in [-0.3, -0.25) is 19.1 Å². The van der Waals surface area contributed by atoms with E-state index in [1.807, 2.05) is 31.8 Å². The summed E-state index contributed by atoms with van der Waals surface area (Å²) in [6, 6.07) is 0.509. The Morgan fingerprint density at radius 3 is 2.91 bits per heavy atom. The molecule has 3 amide bonds. The summed E-state index contributed by atoms with van der Waals surface area (Å²) >= 11 is 1.97. The van der Waals surface area contributed by atoms with Gasteiger partial charge in [0.15, 0.2) is 0 Å². The summed E-state index contributed by atoms with van der Waals surface area (Å²) in [5.74, 6) is 1.82. The predicted molar refractivity (Wildman–Crippen MR) is 124 cm³/mol. The Morgan fingerprint density at radius 1 is 1.25 bits per heavy atom. The van der Waals surface area contributed by atoms with Gasteiger partial charge in [-0.1, -0.05) is 11.6 Å². The minimum Gasteiger partial charge on any atom is -0.356 e. The molecule has 2 fully saturated rings. The van der Waals surface area contributed by atoms with E-state index in [0.717, 1.165) is 37.1 Å². The van der Waals surface area contributed by atoms with Crippen molar-refractivity contribution in [3.05, 3.63) is 11.9 Å². The number of aromatic nitrogens is 3. The van der Waals surface area contributed by atoms with Crippen LogP contribution in [0.1, 0.15) is 64.5 Å². The van der Waals surface area contributed by atoms with E-state index in [4.69, 9.17) is 0 Å². The molecular weight excluding hydrogens is 428 g/mol. The lowest BCUT2D eigenvalue weighted by molar-refractivity contribution is -0.122. The van der Waals surface area contributed by atoms with Crippen molar-refractivity contribution in [1.82, 2.24) is 30.9 Å². The van der Waals surface area contributed by atoms with Crippen LogP contribution in [0.4, 0.5) is 0 Å². The Labute approximate surface area is 194 Å². The molecule has 3 N–H and O–H groups in total. The van der Waals surface area contributed by atoms with E-state index >= 15 is 0 Å². The third-order valence-electron chi connectivity index (χ3n) is 5.92. The van der Waals surface area contributed by atoms with Crippen LogP contribution in [0.2, 0.25) is 0 Å². The maximum Gasteiger partial charge on any atom is 0.220 e. The average molecular weight is 465 g/mol. The molecule has 1 aromatic rings. The Kier molecular flexibility index (Phi) is 9.37. The fraction of sp³-hybridized carbons (Fsp3) is 0.773. The molecule has 2 saturated heterocycles. The van der Waals surface area contributed by atoms with Gasteiger partial charge in [-0.05, 0) is 33.1 Å². The summed E-state index contributed by atoms with van der Waals surface area (Å²) in [5.41, 5.74) is 0.803. The van der Waals surface area contributed by atoms with E-state index in [9.17, 15) is 14.4 Å². The summed E-state index contributed by atoms with van der Waals surface area (Å²) in [6.45, 7) is 5.17. The number of carbonyl (C=O) groups is 3. The molecule has 3 rings (SSSR count). The van der Waals surface area contributed by atoms with Crippen LogP contribution in [-0.4, -0.2) is 62.3 Å². The second-order valence-corrected chi connectivity index (χ2v) is 10.3. The summed E-state index contributed by atoms with van der Waals surface area (Å²) in [7, 11) is 0. The van der Waals surface area contributed by atoms with Crippen LogP contribution in [0.3, 0.4) is 0 Å². The van der Waals surface area contributed by atoms with Crippen LogP contribution >= 0.6 is 11.8 Å². The quantitative estimate of drug-likeness (QED) is 0.380. The molecule has 0 aliphatic carbocycles. The minimum atomic E-state index is 0.0223. The van der Waals surface area contributed by atoms with Gasteiger partial charge < -0.3 is 16.0 Å². The standard InChI is InChI=1S/C22H36N6O3S/c1-15(2)24-21(30)9-8-16-13-28(27-26-16)11-5-10-23-20(29)7-4-3-6-19-17-12-22(31)25-18(17)14-32-19/h13,15,17-19H,3-12,14H2,1-2H3,(H,23,29)(H,24,30)(H,25,31)/t17-,18-,19-/m0/s1. The molecule has 0 saturated carbocycles. The van der Waals surface area contributed by atoms with Crippen molar-refractivity contribution in [2.24, 2.45) is 5.92 Å². The number of hydrogen-bond donors (Lipinski definition) is 3. The van der Waals surface area contributed by atoms with Crippen molar-refractivity contribution in [2.45, 2.75) is 89.1 Å². The van der Waals surface area contributed by atoms with Gasteiger partial charge in [0.05, 0.1) is 5.69 Å². The first-order valence-corrected chi connectivity index (χ1v) is 12.8. The van der Waals surface area contributed by atoms with Gasteiger partial charge in [0.1, 0.15) is 0 Å². The highest BCUT2D eigenvalue weighted by Crippen LogP contribution is 2.40. The van der Waals surface area contributed by atoms with E-state index < -0.39 is 0 Å². The number of nitrogens with zero attached hydrogens (tertiary/aromatic N) is 3. The first-order valence-electron chi connectivity index (χ1n) is 11.8. The largest absolute Gasteiger partial charge is 0.356 e. The van der Waals surface area contributed by atoms with Crippen LogP contribution in [-0.2, 0) is 27.3 Å². The first kappa shape index (κ1) is 24.5. The Bertz CT molecular complexity index is 783. The van der Waals surface area contributed by atoms with Gasteiger partial charge >= 0.3 is 0 Å². The van der Waals surface area contributed by atoms with Gasteiger partial charge in [0, 0.05) is 74.0 Å². The van der Waals surface area contributed by atoms with Gasteiger partial charge in [-0.15, -0.1) is 5.10 Å². The Balaban J connectivity index is 1.20. The molecule has 9 nitrogen and oxygen atoms in total. The second kappa shape index (κ2) is 12.2. The molecular formula is C22H36N6O3S. The predicted octanol–water partition coefficient (Wildman–Crippen LogP) is 1.42. The monoisotopic (exact) mass is 464 g/mol. The number of carbonyl (C=O) groups excluding carboxylic acids is 3. The van der Waals surface area contributed by atoms with Crippen LogP contribution < -0.4 is 16.0 Å². The van der Waals surface area contributed by atoms with Crippen molar-refractivity contribution < 1.29 is 14.4 Å². The molecule has 178 valence electrons. The van der Waals surface area contributed by atoms with Crippen molar-refractivity contribution in [1.29, 1.82) is 0 Å². The third kappa shape index (κ3) is 7.79. The van der Waals surface area contributed by atoms with Gasteiger partial charge in [0.25, 0.3) is 0 Å². The SMILES string of the molecule is CC(C)NC(=O)CCc1cn(CCCNC(=O)CCCC[C@@H]2SC[C@@H]3NC(=O)C[C@@H]32)nn1. The molecule has 0 spiro atoms. The highest BCUT2D eigenvalue weighted by Gasteiger charge is 2.42. The van der Waals surface area contributed by atoms with E-state index in [0.29, 0.717) is 56.0 Å². The number of amides is 3. The van der Waals surface area contributed by atoms with Crippen molar-refractivity contribution in [3.8, 4) is 0 Å². The summed E-state index contributed by atoms with van der Waals surface area (Å²) in [4.78, 5) is 35.3. The Morgan fingerprint density at radius 2 is 2.09 bits per heavy atom. The molecule has 32 heavy (non-hydrogen) atoms. The molecule has 0 unspecified atom stereocenters. The number of unbranched alkanes of at least 4 members (excludes halogenated alkanes) is 1. The third-order valence-corrected chi connectivity index (χ3v) is 7.49. The maximum absolute atomic E-state index is 12.1. The number of thioether (sulfide) groups is 1. The molecule has 1 aromatic heterocycles. The molecule has 10 heteroatoms. The van der Waals surface area contributed by atoms with Crippen molar-refractivity contribution in [2.75, 3.05) is 12.3 Å². The van der Waals surface area contributed by atoms with E-state index in [1.165, 1.54) is 0 Å². The number of fused-ring (bicyclic) bond motifs is 1. The number of rotatable bonds is 13. The summed E-state index contributed by atoms with van der Waals surface area (Å²) in [6.07, 6.45) is 7.85. The Hall–Kier alpha value is -2.10. The second-order valence-electron chi connectivity index (χ2n) is 9.06. The lowest BCUT2D eigenvalue weighted by Crippen LogP contribution is -2.30. The lowest BCUT2D eigenvalue weighted by Gasteiger charge is -2.15. The lowest BCUT2D eigenvalue weighted by atomic mass is 9.94. The van der Waals surface area contributed by atoms with E-state index in [2.05, 4.69) is 26.3 Å². The minimum absolute atomic E-state index is 0.0223. The average Bonchev–Trinajstić information content (AvgIpc) is 3.43. The highest BCUT2D eigenvalue weighted by molar-refractivity contribution is 8.00. The van der Waals surface area contributed by atoms with Crippen molar-refractivity contribution in [3.63, 3.8) is 0 Å². The van der Waals surface area contributed by atoms with E-state index in [-0.39, 0.29) is 23.8 Å². The smallest absolute Gasteiger partial charge is 0.220 e. The molecule has 3 heterocycles. The molecule has 0 bridgehead atoms. The summed E-state index contributed by atoms with van der Waals surface area (Å²) < 4.78 is 1.76. The molecule has 0 radical (unpaired) electrons. The topological polar surface area (TPSA) is 118 Å². The zero-order valence-electron chi connectivity index (χ0n) is 19.1. The van der Waals surface area contributed by atoms with Crippen LogP contribution in [0, 0.1) is 5.92 Å². The van der Waals surface area contributed by atoms with Gasteiger partial charge in [-0.25, -0.2) is 0 Å². The van der Waals surface area contributed by atoms with Gasteiger partial charge in [-0.2, -0.15) is 11.8 Å². The van der Waals surface area contributed by atoms with Crippen LogP contribution in [0.5, 0.6) is 0 Å². The number of aryl methyl sites for hydroxylation is 2. The highest BCUT2D eigenvalue weighted by atomic mass is 32.2. The molecule has 0 aromatic carbocycles. The number of hydrogen-bond acceptors (Lipinski definition) is 6. The number of nitrogens with one attached hydrogen (secondary N) is 3. The molecule has 2 aliphatic rings. The summed E-state index contributed by atoms with van der Waals surface area (Å²) in [5, 5.41) is 17.7. The van der Waals surface area contributed by atoms with Gasteiger partial charge in [0.2, 0.25) is 17.7 Å². The van der Waals surface area contributed by atoms with Crippen LogP contribution in [0.25, 0.3) is 0 Å². The molecule has 3 atom stereocenters. The van der Waals surface area contributed by atoms with E-state index in [1.54, 1.807) is 4.68 Å². The first-order chi connectivity index (χ1) is 15.4. The fourth-order valence-corrected chi connectivity index (χ4v) is 5.97. The molecule has 2 aliphatic heterocycles.